The summed E-state index contributed by atoms with van der Waals surface area (Å²) in [6.45, 7) is 1.85. The van der Waals surface area contributed by atoms with Crippen molar-refractivity contribution in [3.8, 4) is 0 Å². The molecule has 23 heavy (non-hydrogen) atoms. The zero-order valence-corrected chi connectivity index (χ0v) is 14.8. The topological polar surface area (TPSA) is 82.6 Å². The Morgan fingerprint density at radius 1 is 1.17 bits per heavy atom. The molecule has 0 unspecified atom stereocenters. The minimum absolute atomic E-state index is 0.153. The van der Waals surface area contributed by atoms with E-state index in [2.05, 4.69) is 10.3 Å². The second kappa shape index (κ2) is 9.59. The molecule has 0 atom stereocenters. The molecule has 0 fully saturated rings. The number of nitrogens with one attached hydrogen (secondary N) is 1. The molecule has 0 radical (unpaired) electrons. The maximum absolute atomic E-state index is 11.9. The van der Waals surface area contributed by atoms with Crippen LogP contribution in [0.1, 0.15) is 18.4 Å². The molecule has 0 bridgehead atoms. The van der Waals surface area contributed by atoms with Gasteiger partial charge in [0.15, 0.2) is 0 Å². The van der Waals surface area contributed by atoms with Crippen LogP contribution in [0, 0.1) is 0 Å². The number of nitrogens with zero attached hydrogens (tertiary/aromatic N) is 3. The molecule has 1 amide bonds. The molecular weight excluding hydrogens is 316 g/mol. The standard InChI is InChI=1S/C15H26N4O3S/c1-18(2)10-4-11-19(23(3,21)22)12-7-15(20)17-13-14-5-8-16-9-6-14/h5-6,8-9H,4,7,10-13H2,1-3H3,(H,17,20). The molecule has 7 nitrogen and oxygen atoms in total. The number of pyridine rings is 1. The van der Waals surface area contributed by atoms with Gasteiger partial charge in [0.05, 0.1) is 6.26 Å². The summed E-state index contributed by atoms with van der Waals surface area (Å²) < 4.78 is 24.9. The highest BCUT2D eigenvalue weighted by Gasteiger charge is 2.17. The molecule has 0 aliphatic heterocycles. The molecule has 0 saturated heterocycles. The second-order valence-electron chi connectivity index (χ2n) is 5.70. The summed E-state index contributed by atoms with van der Waals surface area (Å²) in [6, 6.07) is 3.65. The molecule has 0 aliphatic carbocycles. The SMILES string of the molecule is CN(C)CCCN(CCC(=O)NCc1ccncc1)S(C)(=O)=O. The van der Waals surface area contributed by atoms with Crippen LogP contribution in [0.3, 0.4) is 0 Å². The van der Waals surface area contributed by atoms with E-state index in [1.807, 2.05) is 31.1 Å². The third-order valence-electron chi connectivity index (χ3n) is 3.31. The summed E-state index contributed by atoms with van der Waals surface area (Å²) in [4.78, 5) is 17.8. The lowest BCUT2D eigenvalue weighted by atomic mass is 10.2. The Bertz CT molecular complexity index is 576. The van der Waals surface area contributed by atoms with Crippen LogP contribution in [0.4, 0.5) is 0 Å². The fraction of sp³-hybridized carbons (Fsp3) is 0.600. The van der Waals surface area contributed by atoms with Crippen molar-refractivity contribution >= 4 is 15.9 Å². The molecule has 0 aliphatic rings. The number of carbonyl (C=O) groups excluding carboxylic acids is 1. The summed E-state index contributed by atoms with van der Waals surface area (Å²) in [6.07, 6.45) is 5.39. The number of carbonyl (C=O) groups is 1. The Morgan fingerprint density at radius 2 is 1.83 bits per heavy atom. The van der Waals surface area contributed by atoms with Crippen LogP contribution in [-0.4, -0.2) is 68.5 Å². The number of rotatable bonds is 10. The maximum atomic E-state index is 11.9. The second-order valence-corrected chi connectivity index (χ2v) is 7.68. The molecule has 1 rings (SSSR count). The molecule has 0 saturated carbocycles. The molecule has 0 aromatic carbocycles. The fourth-order valence-corrected chi connectivity index (χ4v) is 2.91. The van der Waals surface area contributed by atoms with Crippen molar-refractivity contribution in [2.75, 3.05) is 40.0 Å². The van der Waals surface area contributed by atoms with Crippen molar-refractivity contribution in [2.45, 2.75) is 19.4 Å². The number of sulfonamides is 1. The highest BCUT2D eigenvalue weighted by Crippen LogP contribution is 2.03. The van der Waals surface area contributed by atoms with Crippen LogP contribution in [0.15, 0.2) is 24.5 Å². The van der Waals surface area contributed by atoms with E-state index >= 15 is 0 Å². The van der Waals surface area contributed by atoms with Crippen LogP contribution >= 0.6 is 0 Å². The van der Waals surface area contributed by atoms with Gasteiger partial charge in [-0.2, -0.15) is 0 Å². The minimum atomic E-state index is -3.30. The summed E-state index contributed by atoms with van der Waals surface area (Å²) in [5.41, 5.74) is 0.958. The Hall–Kier alpha value is -1.51. The van der Waals surface area contributed by atoms with Gasteiger partial charge in [0.1, 0.15) is 0 Å². The molecule has 0 spiro atoms. The Balaban J connectivity index is 2.39. The summed E-state index contributed by atoms with van der Waals surface area (Å²) >= 11 is 0. The first kappa shape index (κ1) is 19.5. The lowest BCUT2D eigenvalue weighted by Crippen LogP contribution is -2.36. The van der Waals surface area contributed by atoms with Crippen LogP contribution < -0.4 is 5.32 Å². The molecule has 1 aromatic rings. The van der Waals surface area contributed by atoms with E-state index in [-0.39, 0.29) is 18.9 Å². The molecule has 130 valence electrons. The maximum Gasteiger partial charge on any atom is 0.221 e. The summed E-state index contributed by atoms with van der Waals surface area (Å²) in [5.74, 6) is -0.164. The third kappa shape index (κ3) is 8.63. The number of hydrogen-bond acceptors (Lipinski definition) is 5. The van der Waals surface area contributed by atoms with E-state index < -0.39 is 10.0 Å². The lowest BCUT2D eigenvalue weighted by molar-refractivity contribution is -0.121. The van der Waals surface area contributed by atoms with Crippen molar-refractivity contribution in [1.82, 2.24) is 19.5 Å². The predicted molar refractivity (Wildman–Crippen MR) is 90.3 cm³/mol. The third-order valence-corrected chi connectivity index (χ3v) is 4.61. The zero-order chi connectivity index (χ0) is 17.3. The Kier molecular flexibility index (Phi) is 8.15. The van der Waals surface area contributed by atoms with E-state index in [0.717, 1.165) is 18.5 Å². The largest absolute Gasteiger partial charge is 0.352 e. The van der Waals surface area contributed by atoms with E-state index in [1.54, 1.807) is 12.4 Å². The van der Waals surface area contributed by atoms with Gasteiger partial charge in [0, 0.05) is 38.4 Å². The van der Waals surface area contributed by atoms with Gasteiger partial charge in [-0.3, -0.25) is 9.78 Å². The van der Waals surface area contributed by atoms with Gasteiger partial charge in [-0.25, -0.2) is 12.7 Å². The van der Waals surface area contributed by atoms with Crippen molar-refractivity contribution < 1.29 is 13.2 Å². The first-order chi connectivity index (χ1) is 10.8. The van der Waals surface area contributed by atoms with Gasteiger partial charge in [-0.15, -0.1) is 0 Å². The van der Waals surface area contributed by atoms with Gasteiger partial charge in [-0.05, 0) is 44.8 Å². The molecular formula is C15H26N4O3S. The van der Waals surface area contributed by atoms with Crippen molar-refractivity contribution in [3.05, 3.63) is 30.1 Å². The van der Waals surface area contributed by atoms with Crippen LogP contribution in [-0.2, 0) is 21.4 Å². The first-order valence-electron chi connectivity index (χ1n) is 7.54. The van der Waals surface area contributed by atoms with E-state index in [9.17, 15) is 13.2 Å². The predicted octanol–water partition coefficient (Wildman–Crippen LogP) is 0.301. The highest BCUT2D eigenvalue weighted by atomic mass is 32.2. The van der Waals surface area contributed by atoms with E-state index in [1.165, 1.54) is 10.6 Å². The smallest absolute Gasteiger partial charge is 0.221 e. The van der Waals surface area contributed by atoms with Crippen LogP contribution in [0.2, 0.25) is 0 Å². The quantitative estimate of drug-likeness (QED) is 0.661. The number of hydrogen-bond donors (Lipinski definition) is 1. The van der Waals surface area contributed by atoms with Crippen LogP contribution in [0.5, 0.6) is 0 Å². The average molecular weight is 342 g/mol. The summed E-state index contributed by atoms with van der Waals surface area (Å²) in [5, 5.41) is 2.78. The Labute approximate surface area is 138 Å². The first-order valence-corrected chi connectivity index (χ1v) is 9.39. The van der Waals surface area contributed by atoms with E-state index in [4.69, 9.17) is 0 Å². The number of amides is 1. The van der Waals surface area contributed by atoms with Gasteiger partial charge in [-0.1, -0.05) is 0 Å². The zero-order valence-electron chi connectivity index (χ0n) is 14.0. The lowest BCUT2D eigenvalue weighted by Gasteiger charge is -2.20. The summed E-state index contributed by atoms with van der Waals surface area (Å²) in [7, 11) is 0.585. The van der Waals surface area contributed by atoms with Crippen molar-refractivity contribution in [3.63, 3.8) is 0 Å². The molecule has 1 N–H and O–H groups in total. The van der Waals surface area contributed by atoms with Crippen LogP contribution in [0.25, 0.3) is 0 Å². The highest BCUT2D eigenvalue weighted by molar-refractivity contribution is 7.88. The van der Waals surface area contributed by atoms with Gasteiger partial charge < -0.3 is 10.2 Å². The Morgan fingerprint density at radius 3 is 2.39 bits per heavy atom. The van der Waals surface area contributed by atoms with Gasteiger partial charge in [0.2, 0.25) is 15.9 Å². The van der Waals surface area contributed by atoms with E-state index in [0.29, 0.717) is 13.1 Å². The normalized spacial score (nSPS) is 11.9. The van der Waals surface area contributed by atoms with Crippen molar-refractivity contribution in [1.29, 1.82) is 0 Å². The minimum Gasteiger partial charge on any atom is -0.352 e. The van der Waals surface area contributed by atoms with Crippen molar-refractivity contribution in [2.24, 2.45) is 0 Å². The molecule has 8 heteroatoms. The average Bonchev–Trinajstić information content (AvgIpc) is 2.48. The monoisotopic (exact) mass is 342 g/mol. The molecule has 1 heterocycles. The van der Waals surface area contributed by atoms with Gasteiger partial charge in [0.25, 0.3) is 0 Å². The van der Waals surface area contributed by atoms with Gasteiger partial charge >= 0.3 is 0 Å². The number of aromatic nitrogens is 1. The fourth-order valence-electron chi connectivity index (χ4n) is 2.02. The molecule has 1 aromatic heterocycles.